The number of rotatable bonds is 2. The third-order valence-electron chi connectivity index (χ3n) is 4.15. The largest absolute Gasteiger partial charge is 0.381 e. The molecule has 3 rings (SSSR count). The lowest BCUT2D eigenvalue weighted by Crippen LogP contribution is -2.33. The molecule has 102 valence electrons. The fraction of sp³-hybridized carbons (Fsp3) is 0.533. The van der Waals surface area contributed by atoms with Gasteiger partial charge in [-0.1, -0.05) is 12.1 Å². The van der Waals surface area contributed by atoms with Crippen LogP contribution in [0.2, 0.25) is 0 Å². The summed E-state index contributed by atoms with van der Waals surface area (Å²) in [6.07, 6.45) is 3.08. The van der Waals surface area contributed by atoms with Gasteiger partial charge in [-0.3, -0.25) is 4.79 Å². The van der Waals surface area contributed by atoms with Crippen LogP contribution >= 0.6 is 0 Å². The topological polar surface area (TPSA) is 64.4 Å². The van der Waals surface area contributed by atoms with Crippen LogP contribution in [0.4, 0.5) is 0 Å². The second-order valence-corrected chi connectivity index (χ2v) is 5.43. The lowest BCUT2D eigenvalue weighted by Gasteiger charge is -2.28. The monoisotopic (exact) mass is 260 g/mol. The molecule has 0 aliphatic carbocycles. The van der Waals surface area contributed by atoms with Gasteiger partial charge in [0.2, 0.25) is 0 Å². The quantitative estimate of drug-likeness (QED) is 0.844. The highest BCUT2D eigenvalue weighted by atomic mass is 16.5. The van der Waals surface area contributed by atoms with Crippen LogP contribution in [-0.4, -0.2) is 25.7 Å². The first-order valence-electron chi connectivity index (χ1n) is 7.00. The molecule has 0 saturated carbocycles. The van der Waals surface area contributed by atoms with Crippen LogP contribution in [0.15, 0.2) is 18.2 Å². The van der Waals surface area contributed by atoms with Crippen molar-refractivity contribution in [3.63, 3.8) is 0 Å². The fourth-order valence-electron chi connectivity index (χ4n) is 2.96. The van der Waals surface area contributed by atoms with E-state index < -0.39 is 0 Å². The minimum atomic E-state index is -0.0414. The summed E-state index contributed by atoms with van der Waals surface area (Å²) in [7, 11) is 0. The predicted octanol–water partition coefficient (Wildman–Crippen LogP) is 1.40. The van der Waals surface area contributed by atoms with Crippen molar-refractivity contribution in [2.24, 2.45) is 11.7 Å². The number of fused-ring (bicyclic) bond motifs is 1. The Morgan fingerprint density at radius 3 is 3.11 bits per heavy atom. The molecule has 0 spiro atoms. The molecule has 0 radical (unpaired) electrons. The molecule has 2 aliphatic heterocycles. The van der Waals surface area contributed by atoms with Crippen molar-refractivity contribution in [2.45, 2.75) is 25.3 Å². The van der Waals surface area contributed by atoms with E-state index in [-0.39, 0.29) is 11.9 Å². The smallest absolute Gasteiger partial charge is 0.251 e. The maximum Gasteiger partial charge on any atom is 0.251 e. The molecule has 4 nitrogen and oxygen atoms in total. The molecule has 1 amide bonds. The Labute approximate surface area is 113 Å². The Bertz CT molecular complexity index is 481. The Morgan fingerprint density at radius 2 is 2.32 bits per heavy atom. The van der Waals surface area contributed by atoms with Gasteiger partial charge in [-0.2, -0.15) is 0 Å². The van der Waals surface area contributed by atoms with Crippen molar-refractivity contribution in [3.05, 3.63) is 34.9 Å². The fourth-order valence-corrected chi connectivity index (χ4v) is 2.96. The average molecular weight is 260 g/mol. The first kappa shape index (κ1) is 12.6. The van der Waals surface area contributed by atoms with E-state index in [0.717, 1.165) is 55.7 Å². The van der Waals surface area contributed by atoms with E-state index in [1.165, 1.54) is 0 Å². The number of ether oxygens (including phenoxy) is 1. The minimum Gasteiger partial charge on any atom is -0.381 e. The van der Waals surface area contributed by atoms with Gasteiger partial charge in [0.1, 0.15) is 0 Å². The van der Waals surface area contributed by atoms with Crippen LogP contribution in [0.1, 0.15) is 40.4 Å². The van der Waals surface area contributed by atoms with Gasteiger partial charge in [-0.15, -0.1) is 0 Å². The van der Waals surface area contributed by atoms with Crippen molar-refractivity contribution >= 4 is 5.91 Å². The molecule has 4 heteroatoms. The highest BCUT2D eigenvalue weighted by Crippen LogP contribution is 2.28. The molecular weight excluding hydrogens is 240 g/mol. The minimum absolute atomic E-state index is 0.0233. The molecule has 0 aromatic heterocycles. The summed E-state index contributed by atoms with van der Waals surface area (Å²) in [4.78, 5) is 11.9. The zero-order valence-electron chi connectivity index (χ0n) is 11.0. The summed E-state index contributed by atoms with van der Waals surface area (Å²) in [6, 6.07) is 6.03. The van der Waals surface area contributed by atoms with Crippen LogP contribution in [0, 0.1) is 5.92 Å². The third kappa shape index (κ3) is 2.51. The van der Waals surface area contributed by atoms with Gasteiger partial charge in [-0.05, 0) is 36.5 Å². The average Bonchev–Trinajstić information content (AvgIpc) is 2.47. The van der Waals surface area contributed by atoms with Crippen LogP contribution in [-0.2, 0) is 11.2 Å². The Balaban J connectivity index is 1.84. The number of nitrogens with two attached hydrogens (primary N) is 1. The normalized spacial score (nSPS) is 24.5. The van der Waals surface area contributed by atoms with E-state index in [0.29, 0.717) is 5.92 Å². The van der Waals surface area contributed by atoms with Crippen LogP contribution < -0.4 is 11.1 Å². The summed E-state index contributed by atoms with van der Waals surface area (Å²) in [5.41, 5.74) is 9.30. The first-order valence-corrected chi connectivity index (χ1v) is 7.00. The highest BCUT2D eigenvalue weighted by Gasteiger charge is 2.24. The second-order valence-electron chi connectivity index (χ2n) is 5.43. The van der Waals surface area contributed by atoms with E-state index in [1.54, 1.807) is 0 Å². The van der Waals surface area contributed by atoms with Crippen LogP contribution in [0.5, 0.6) is 0 Å². The van der Waals surface area contributed by atoms with Crippen molar-refractivity contribution in [1.29, 1.82) is 0 Å². The van der Waals surface area contributed by atoms with E-state index >= 15 is 0 Å². The first-order chi connectivity index (χ1) is 9.25. The maximum absolute atomic E-state index is 11.9. The summed E-state index contributed by atoms with van der Waals surface area (Å²) in [6.45, 7) is 2.30. The third-order valence-corrected chi connectivity index (χ3v) is 4.15. The molecule has 3 N–H and O–H groups in total. The SMILES string of the molecule is NC(c1ccc2c(c1)C(=O)NCC2)C1CCCOC1. The number of benzene rings is 1. The number of hydrogen-bond donors (Lipinski definition) is 2. The number of nitrogens with one attached hydrogen (secondary N) is 1. The summed E-state index contributed by atoms with van der Waals surface area (Å²) in [5.74, 6) is 0.383. The number of carbonyl (C=O) groups is 1. The summed E-state index contributed by atoms with van der Waals surface area (Å²) < 4.78 is 5.50. The molecule has 2 heterocycles. The summed E-state index contributed by atoms with van der Waals surface area (Å²) >= 11 is 0. The van der Waals surface area contributed by atoms with Gasteiger partial charge < -0.3 is 15.8 Å². The Kier molecular flexibility index (Phi) is 3.53. The lowest BCUT2D eigenvalue weighted by atomic mass is 9.87. The van der Waals surface area contributed by atoms with Gasteiger partial charge in [0.15, 0.2) is 0 Å². The lowest BCUT2D eigenvalue weighted by molar-refractivity contribution is 0.0447. The molecular formula is C15H20N2O2. The maximum atomic E-state index is 11.9. The predicted molar refractivity (Wildman–Crippen MR) is 73.0 cm³/mol. The van der Waals surface area contributed by atoms with E-state index in [1.807, 2.05) is 12.1 Å². The van der Waals surface area contributed by atoms with Crippen LogP contribution in [0.25, 0.3) is 0 Å². The van der Waals surface area contributed by atoms with Gasteiger partial charge in [-0.25, -0.2) is 0 Å². The van der Waals surface area contributed by atoms with Crippen molar-refractivity contribution < 1.29 is 9.53 Å². The Hall–Kier alpha value is -1.39. The summed E-state index contributed by atoms with van der Waals surface area (Å²) in [5, 5.41) is 2.88. The molecule has 2 unspecified atom stereocenters. The van der Waals surface area contributed by atoms with Crippen LogP contribution in [0.3, 0.4) is 0 Å². The van der Waals surface area contributed by atoms with Gasteiger partial charge in [0.05, 0.1) is 6.61 Å². The molecule has 1 fully saturated rings. The Morgan fingerprint density at radius 1 is 1.42 bits per heavy atom. The number of carbonyl (C=O) groups excluding carboxylic acids is 1. The molecule has 0 bridgehead atoms. The van der Waals surface area contributed by atoms with Gasteiger partial charge in [0, 0.05) is 30.7 Å². The molecule has 19 heavy (non-hydrogen) atoms. The van der Waals surface area contributed by atoms with Crippen molar-refractivity contribution in [3.8, 4) is 0 Å². The molecule has 2 atom stereocenters. The number of hydrogen-bond acceptors (Lipinski definition) is 3. The van der Waals surface area contributed by atoms with Gasteiger partial charge >= 0.3 is 0 Å². The molecule has 2 aliphatic rings. The van der Waals surface area contributed by atoms with Gasteiger partial charge in [0.25, 0.3) is 5.91 Å². The molecule has 1 aromatic carbocycles. The molecule has 1 aromatic rings. The van der Waals surface area contributed by atoms with E-state index in [2.05, 4.69) is 11.4 Å². The second kappa shape index (κ2) is 5.31. The standard InChI is InChI=1S/C15H20N2O2/c16-14(12-2-1-7-19-9-12)11-4-3-10-5-6-17-15(18)13(10)8-11/h3-4,8,12,14H,1-2,5-7,9,16H2,(H,17,18). The van der Waals surface area contributed by atoms with E-state index in [4.69, 9.17) is 10.5 Å². The zero-order chi connectivity index (χ0) is 13.2. The molecule has 1 saturated heterocycles. The van der Waals surface area contributed by atoms with Crippen molar-refractivity contribution in [2.75, 3.05) is 19.8 Å². The zero-order valence-corrected chi connectivity index (χ0v) is 11.0. The number of amides is 1. The highest BCUT2D eigenvalue weighted by molar-refractivity contribution is 5.96. The van der Waals surface area contributed by atoms with E-state index in [9.17, 15) is 4.79 Å². The van der Waals surface area contributed by atoms with Crippen molar-refractivity contribution in [1.82, 2.24) is 5.32 Å².